The van der Waals surface area contributed by atoms with Crippen LogP contribution in [0.3, 0.4) is 0 Å². The Morgan fingerprint density at radius 1 is 0.571 bits per heavy atom. The predicted molar refractivity (Wildman–Crippen MR) is 84.5 cm³/mol. The molecule has 0 amide bonds. The molecule has 3 rings (SSSR count). The molecule has 0 saturated carbocycles. The van der Waals surface area contributed by atoms with Crippen molar-refractivity contribution in [1.29, 1.82) is 0 Å². The Balaban J connectivity index is 2.07. The quantitative estimate of drug-likeness (QED) is 0.662. The summed E-state index contributed by atoms with van der Waals surface area (Å²) >= 11 is 0. The highest BCUT2D eigenvalue weighted by atomic mass is 16.3. The molecule has 0 bridgehead atoms. The van der Waals surface area contributed by atoms with Crippen LogP contribution in [-0.4, -0.2) is 0 Å². The van der Waals surface area contributed by atoms with E-state index in [4.69, 9.17) is 0 Å². The van der Waals surface area contributed by atoms with Gasteiger partial charge in [0.1, 0.15) is 0 Å². The van der Waals surface area contributed by atoms with Crippen molar-refractivity contribution >= 4 is 0 Å². The van der Waals surface area contributed by atoms with Crippen molar-refractivity contribution < 1.29 is 5.11 Å². The minimum absolute atomic E-state index is 0.446. The van der Waals surface area contributed by atoms with Crippen molar-refractivity contribution in [3.8, 4) is 0 Å². The Bertz CT molecular complexity index is 635. The lowest BCUT2D eigenvalue weighted by molar-refractivity contribution is 0.00323. The van der Waals surface area contributed by atoms with E-state index in [1.807, 2.05) is 91.0 Å². The molecule has 21 heavy (non-hydrogen) atoms. The van der Waals surface area contributed by atoms with Gasteiger partial charge in [0.15, 0.2) is 5.60 Å². The second-order valence-electron chi connectivity index (χ2n) is 5.22. The minimum Gasteiger partial charge on any atom is -0.219 e. The summed E-state index contributed by atoms with van der Waals surface area (Å²) in [7, 11) is 0. The average Bonchev–Trinajstić information content (AvgIpc) is 2.57. The Morgan fingerprint density at radius 3 is 1.38 bits per heavy atom. The van der Waals surface area contributed by atoms with E-state index in [0.717, 1.165) is 16.7 Å². The minimum atomic E-state index is -1.26. The fraction of sp³-hybridized carbons (Fsp3) is 0.100. The molecule has 0 aliphatic rings. The highest BCUT2D eigenvalue weighted by molar-refractivity contribution is 5.38. The predicted octanol–water partition coefficient (Wildman–Crippen LogP) is 4.60. The third-order valence-corrected chi connectivity index (χ3v) is 3.78. The van der Waals surface area contributed by atoms with Crippen molar-refractivity contribution in [2.45, 2.75) is 12.0 Å². The van der Waals surface area contributed by atoms with Gasteiger partial charge >= 0.3 is 0 Å². The van der Waals surface area contributed by atoms with Crippen LogP contribution >= 0.6 is 0 Å². The molecule has 0 fully saturated rings. The number of benzene rings is 3. The molecular formula is C20H17O. The fourth-order valence-corrected chi connectivity index (χ4v) is 2.67. The molecule has 0 aliphatic carbocycles. The topological polar surface area (TPSA) is 19.9 Å². The fourth-order valence-electron chi connectivity index (χ4n) is 2.67. The molecular weight excluding hydrogens is 256 g/mol. The molecule has 0 heterocycles. The largest absolute Gasteiger partial charge is 0.219 e. The smallest absolute Gasteiger partial charge is 0.157 e. The van der Waals surface area contributed by atoms with E-state index in [1.54, 1.807) is 0 Å². The van der Waals surface area contributed by atoms with E-state index in [2.05, 4.69) is 0 Å². The molecule has 0 aliphatic heterocycles. The first kappa shape index (κ1) is 13.6. The summed E-state index contributed by atoms with van der Waals surface area (Å²) in [6.07, 6.45) is 0.446. The summed E-state index contributed by atoms with van der Waals surface area (Å²) < 4.78 is 0. The summed E-state index contributed by atoms with van der Waals surface area (Å²) in [5.74, 6) is 0. The molecule has 0 atom stereocenters. The summed E-state index contributed by atoms with van der Waals surface area (Å²) in [5, 5.41) is 13.7. The first-order valence-electron chi connectivity index (χ1n) is 7.14. The lowest BCUT2D eigenvalue weighted by atomic mass is 9.81. The van der Waals surface area contributed by atoms with E-state index in [9.17, 15) is 5.11 Å². The van der Waals surface area contributed by atoms with E-state index in [1.165, 1.54) is 0 Å². The maximum absolute atomic E-state index is 13.7. The van der Waals surface area contributed by atoms with Crippen LogP contribution in [0.25, 0.3) is 0 Å². The van der Waals surface area contributed by atoms with Gasteiger partial charge in [-0.3, -0.25) is 0 Å². The van der Waals surface area contributed by atoms with Crippen molar-refractivity contribution in [2.24, 2.45) is 0 Å². The molecule has 1 radical (unpaired) electrons. The standard InChI is InChI=1S/C20H17O/c21-20(18-12-6-2-7-13-18,19-14-8-3-9-15-19)16-17-10-4-1-5-11-17/h1-15H,16H2. The van der Waals surface area contributed by atoms with E-state index < -0.39 is 5.60 Å². The van der Waals surface area contributed by atoms with Crippen LogP contribution in [0.15, 0.2) is 91.0 Å². The number of hydrogen-bond acceptors (Lipinski definition) is 0. The zero-order valence-electron chi connectivity index (χ0n) is 11.8. The lowest BCUT2D eigenvalue weighted by Gasteiger charge is -2.27. The molecule has 3 aromatic rings. The molecule has 1 heteroatoms. The monoisotopic (exact) mass is 273 g/mol. The van der Waals surface area contributed by atoms with Gasteiger partial charge in [0.2, 0.25) is 0 Å². The summed E-state index contributed by atoms with van der Waals surface area (Å²) in [6, 6.07) is 29.2. The van der Waals surface area contributed by atoms with Crippen LogP contribution in [0.2, 0.25) is 0 Å². The second-order valence-corrected chi connectivity index (χ2v) is 5.22. The van der Waals surface area contributed by atoms with Gasteiger partial charge < -0.3 is 0 Å². The summed E-state index contributed by atoms with van der Waals surface area (Å²) in [5.41, 5.74) is 1.41. The van der Waals surface area contributed by atoms with Gasteiger partial charge in [0, 0.05) is 6.42 Å². The van der Waals surface area contributed by atoms with Gasteiger partial charge in [-0.25, -0.2) is 5.11 Å². The normalized spacial score (nSPS) is 11.3. The Labute approximate surface area is 125 Å². The van der Waals surface area contributed by atoms with Crippen LogP contribution in [0, 0.1) is 0 Å². The van der Waals surface area contributed by atoms with Crippen LogP contribution in [0.1, 0.15) is 16.7 Å². The van der Waals surface area contributed by atoms with Crippen LogP contribution in [-0.2, 0) is 17.1 Å². The van der Waals surface area contributed by atoms with Crippen LogP contribution < -0.4 is 0 Å². The molecule has 0 spiro atoms. The Morgan fingerprint density at radius 2 is 0.952 bits per heavy atom. The maximum atomic E-state index is 13.7. The maximum Gasteiger partial charge on any atom is 0.157 e. The van der Waals surface area contributed by atoms with Gasteiger partial charge in [-0.05, 0) is 16.7 Å². The average molecular weight is 273 g/mol. The van der Waals surface area contributed by atoms with E-state index >= 15 is 0 Å². The molecule has 0 N–H and O–H groups in total. The Kier molecular flexibility index (Phi) is 3.85. The third kappa shape index (κ3) is 2.88. The van der Waals surface area contributed by atoms with E-state index in [0.29, 0.717) is 6.42 Å². The SMILES string of the molecule is [O]C(Cc1ccccc1)(c1ccccc1)c1ccccc1. The van der Waals surface area contributed by atoms with Crippen molar-refractivity contribution in [1.82, 2.24) is 0 Å². The molecule has 0 aromatic heterocycles. The van der Waals surface area contributed by atoms with Crippen molar-refractivity contribution in [3.05, 3.63) is 108 Å². The number of rotatable bonds is 4. The zero-order valence-corrected chi connectivity index (χ0v) is 11.8. The van der Waals surface area contributed by atoms with E-state index in [-0.39, 0.29) is 0 Å². The lowest BCUT2D eigenvalue weighted by Crippen LogP contribution is -2.28. The highest BCUT2D eigenvalue weighted by Gasteiger charge is 2.33. The second kappa shape index (κ2) is 5.94. The van der Waals surface area contributed by atoms with Gasteiger partial charge in [0.05, 0.1) is 0 Å². The molecule has 0 unspecified atom stereocenters. The van der Waals surface area contributed by atoms with Crippen molar-refractivity contribution in [2.75, 3.05) is 0 Å². The highest BCUT2D eigenvalue weighted by Crippen LogP contribution is 2.33. The van der Waals surface area contributed by atoms with Gasteiger partial charge in [-0.1, -0.05) is 91.0 Å². The Hall–Kier alpha value is -2.38. The zero-order chi connectivity index (χ0) is 14.5. The first-order valence-corrected chi connectivity index (χ1v) is 7.14. The van der Waals surface area contributed by atoms with Crippen molar-refractivity contribution in [3.63, 3.8) is 0 Å². The molecule has 103 valence electrons. The number of hydrogen-bond donors (Lipinski definition) is 0. The molecule has 3 aromatic carbocycles. The molecule has 0 saturated heterocycles. The summed E-state index contributed by atoms with van der Waals surface area (Å²) in [6.45, 7) is 0. The van der Waals surface area contributed by atoms with Gasteiger partial charge in [0.25, 0.3) is 0 Å². The van der Waals surface area contributed by atoms with Gasteiger partial charge in [-0.15, -0.1) is 0 Å². The molecule has 1 nitrogen and oxygen atoms in total. The third-order valence-electron chi connectivity index (χ3n) is 3.78. The first-order chi connectivity index (χ1) is 10.3. The summed E-state index contributed by atoms with van der Waals surface area (Å²) in [4.78, 5) is 0. The van der Waals surface area contributed by atoms with Gasteiger partial charge in [-0.2, -0.15) is 0 Å². The van der Waals surface area contributed by atoms with Crippen LogP contribution in [0.5, 0.6) is 0 Å². The van der Waals surface area contributed by atoms with Crippen LogP contribution in [0.4, 0.5) is 0 Å².